The minimum atomic E-state index is -1.10. The van der Waals surface area contributed by atoms with E-state index in [9.17, 15) is 14.4 Å². The maximum atomic E-state index is 13.0. The number of amides is 2. The summed E-state index contributed by atoms with van der Waals surface area (Å²) in [4.78, 5) is 41.7. The van der Waals surface area contributed by atoms with E-state index < -0.39 is 5.41 Å². The zero-order valence-corrected chi connectivity index (χ0v) is 20.3. The van der Waals surface area contributed by atoms with Crippen LogP contribution in [0.15, 0.2) is 52.0 Å². The Bertz CT molecular complexity index is 1270. The van der Waals surface area contributed by atoms with Crippen LogP contribution in [0, 0.1) is 5.41 Å². The number of pyridine rings is 1. The number of rotatable bonds is 8. The fourth-order valence-corrected chi connectivity index (χ4v) is 4.51. The summed E-state index contributed by atoms with van der Waals surface area (Å²) in [5.74, 6) is -0.371. The van der Waals surface area contributed by atoms with Gasteiger partial charge in [0.25, 0.3) is 5.56 Å². The molecule has 1 N–H and O–H groups in total. The predicted octanol–water partition coefficient (Wildman–Crippen LogP) is 3.17. The third-order valence-corrected chi connectivity index (χ3v) is 6.56. The van der Waals surface area contributed by atoms with Gasteiger partial charge in [0.05, 0.1) is 17.6 Å². The molecule has 34 heavy (non-hydrogen) atoms. The highest BCUT2D eigenvalue weighted by Gasteiger charge is 2.45. The standard InChI is InChI=1S/C26H32N4O4/c1-5-30-20-9-8-18(17-21(20)28(4)24(32)26(2,3)25(30)33)7-6-12-27-13-15-29-14-10-19-11-16-34-22(19)23(29)31/h8-11,14,16-17,27H,5-7,12-13,15H2,1-4H3. The normalized spacial score (nSPS) is 15.6. The number of aryl methyl sites for hydroxylation is 1. The number of carbonyl (C=O) groups is 2. The first kappa shape index (κ1) is 23.8. The van der Waals surface area contributed by atoms with Gasteiger partial charge in [0, 0.05) is 38.3 Å². The number of anilines is 2. The van der Waals surface area contributed by atoms with E-state index in [1.165, 1.54) is 6.26 Å². The Hall–Kier alpha value is -3.39. The molecule has 4 rings (SSSR count). The Kier molecular flexibility index (Phi) is 6.61. The van der Waals surface area contributed by atoms with Gasteiger partial charge in [-0.05, 0) is 70.0 Å². The van der Waals surface area contributed by atoms with Crippen molar-refractivity contribution in [3.05, 3.63) is 58.7 Å². The van der Waals surface area contributed by atoms with Crippen molar-refractivity contribution in [1.29, 1.82) is 0 Å². The molecule has 0 bridgehead atoms. The van der Waals surface area contributed by atoms with E-state index in [1.807, 2.05) is 31.2 Å². The second-order valence-corrected chi connectivity index (χ2v) is 9.23. The molecule has 0 fully saturated rings. The summed E-state index contributed by atoms with van der Waals surface area (Å²) in [6.07, 6.45) is 5.07. The van der Waals surface area contributed by atoms with Gasteiger partial charge in [-0.15, -0.1) is 0 Å². The first-order chi connectivity index (χ1) is 16.3. The Labute approximate surface area is 199 Å². The predicted molar refractivity (Wildman–Crippen MR) is 133 cm³/mol. The highest BCUT2D eigenvalue weighted by Crippen LogP contribution is 2.38. The average molecular weight is 465 g/mol. The second-order valence-electron chi connectivity index (χ2n) is 9.23. The van der Waals surface area contributed by atoms with Crippen molar-refractivity contribution in [2.45, 2.75) is 40.2 Å². The Balaban J connectivity index is 1.35. The van der Waals surface area contributed by atoms with Crippen LogP contribution in [0.1, 0.15) is 32.8 Å². The van der Waals surface area contributed by atoms with Gasteiger partial charge in [-0.25, -0.2) is 0 Å². The van der Waals surface area contributed by atoms with Crippen LogP contribution < -0.4 is 20.7 Å². The molecule has 2 aromatic heterocycles. The van der Waals surface area contributed by atoms with Crippen LogP contribution in [0.25, 0.3) is 11.0 Å². The molecule has 0 atom stereocenters. The molecule has 0 saturated carbocycles. The van der Waals surface area contributed by atoms with Gasteiger partial charge in [0.2, 0.25) is 11.8 Å². The SMILES string of the molecule is CCN1C(=O)C(C)(C)C(=O)N(C)c2cc(CCCNCCn3ccc4ccoc4c3=O)ccc21. The molecule has 2 amide bonds. The molecule has 180 valence electrons. The number of nitrogens with zero attached hydrogens (tertiary/aromatic N) is 3. The average Bonchev–Trinajstić information content (AvgIpc) is 3.30. The summed E-state index contributed by atoms with van der Waals surface area (Å²) >= 11 is 0. The number of carbonyl (C=O) groups excluding carboxylic acids is 2. The fraction of sp³-hybridized carbons (Fsp3) is 0.423. The molecule has 8 nitrogen and oxygen atoms in total. The van der Waals surface area contributed by atoms with Crippen LogP contribution >= 0.6 is 0 Å². The van der Waals surface area contributed by atoms with Gasteiger partial charge in [-0.2, -0.15) is 0 Å². The molecule has 1 aromatic carbocycles. The molecule has 1 aliphatic rings. The summed E-state index contributed by atoms with van der Waals surface area (Å²) in [6.45, 7) is 7.86. The van der Waals surface area contributed by atoms with Crippen LogP contribution in [0.2, 0.25) is 0 Å². The van der Waals surface area contributed by atoms with Gasteiger partial charge in [0.1, 0.15) is 5.41 Å². The van der Waals surface area contributed by atoms with Crippen LogP contribution in [0.4, 0.5) is 11.4 Å². The number of hydrogen-bond acceptors (Lipinski definition) is 5. The van der Waals surface area contributed by atoms with Crippen molar-refractivity contribution in [2.24, 2.45) is 5.41 Å². The number of aromatic nitrogens is 1. The molecule has 0 aliphatic carbocycles. The van der Waals surface area contributed by atoms with Gasteiger partial charge >= 0.3 is 0 Å². The molecule has 1 aliphatic heterocycles. The van der Waals surface area contributed by atoms with Crippen LogP contribution in [-0.4, -0.2) is 43.1 Å². The first-order valence-electron chi connectivity index (χ1n) is 11.8. The molecule has 0 radical (unpaired) electrons. The van der Waals surface area contributed by atoms with Gasteiger partial charge < -0.3 is 24.1 Å². The number of furan rings is 1. The van der Waals surface area contributed by atoms with E-state index in [0.717, 1.165) is 41.7 Å². The molecule has 3 heterocycles. The molecule has 3 aromatic rings. The summed E-state index contributed by atoms with van der Waals surface area (Å²) < 4.78 is 6.93. The Morgan fingerprint density at radius 3 is 2.56 bits per heavy atom. The van der Waals surface area contributed by atoms with Crippen molar-refractivity contribution in [1.82, 2.24) is 9.88 Å². The Morgan fingerprint density at radius 1 is 1.00 bits per heavy atom. The number of benzene rings is 1. The lowest BCUT2D eigenvalue weighted by atomic mass is 9.90. The summed E-state index contributed by atoms with van der Waals surface area (Å²) in [5.41, 5.74) is 1.83. The minimum Gasteiger partial charge on any atom is -0.459 e. The smallest absolute Gasteiger partial charge is 0.294 e. The molecule has 8 heteroatoms. The van der Waals surface area contributed by atoms with Crippen molar-refractivity contribution >= 4 is 34.2 Å². The van der Waals surface area contributed by atoms with Crippen LogP contribution in [0.5, 0.6) is 0 Å². The molecular weight excluding hydrogens is 432 g/mol. The third-order valence-electron chi connectivity index (χ3n) is 6.56. The van der Waals surface area contributed by atoms with Crippen molar-refractivity contribution in [3.63, 3.8) is 0 Å². The quantitative estimate of drug-likeness (QED) is 0.409. The van der Waals surface area contributed by atoms with E-state index in [-0.39, 0.29) is 17.4 Å². The fourth-order valence-electron chi connectivity index (χ4n) is 4.51. The number of nitrogens with one attached hydrogen (secondary N) is 1. The van der Waals surface area contributed by atoms with Gasteiger partial charge in [-0.1, -0.05) is 6.07 Å². The lowest BCUT2D eigenvalue weighted by Crippen LogP contribution is -2.47. The van der Waals surface area contributed by atoms with Crippen LogP contribution in [-0.2, 0) is 22.6 Å². The van der Waals surface area contributed by atoms with Gasteiger partial charge in [-0.3, -0.25) is 14.4 Å². The van der Waals surface area contributed by atoms with E-state index >= 15 is 0 Å². The largest absolute Gasteiger partial charge is 0.459 e. The van der Waals surface area contributed by atoms with Crippen molar-refractivity contribution < 1.29 is 14.0 Å². The van der Waals surface area contributed by atoms with Gasteiger partial charge in [0.15, 0.2) is 5.58 Å². The Morgan fingerprint density at radius 2 is 1.79 bits per heavy atom. The maximum Gasteiger partial charge on any atom is 0.294 e. The number of hydrogen-bond donors (Lipinski definition) is 1. The third kappa shape index (κ3) is 4.25. The summed E-state index contributed by atoms with van der Waals surface area (Å²) in [7, 11) is 1.74. The van der Waals surface area contributed by atoms with E-state index in [1.54, 1.807) is 47.5 Å². The monoisotopic (exact) mass is 464 g/mol. The maximum absolute atomic E-state index is 13.0. The minimum absolute atomic E-state index is 0.115. The summed E-state index contributed by atoms with van der Waals surface area (Å²) in [5, 5.41) is 4.20. The highest BCUT2D eigenvalue weighted by atomic mass is 16.3. The van der Waals surface area contributed by atoms with Crippen molar-refractivity contribution in [2.75, 3.05) is 36.5 Å². The molecule has 0 spiro atoms. The lowest BCUT2D eigenvalue weighted by Gasteiger charge is -2.27. The van der Waals surface area contributed by atoms with E-state index in [0.29, 0.717) is 25.2 Å². The molecule has 0 unspecified atom stereocenters. The molecular formula is C26H32N4O4. The highest BCUT2D eigenvalue weighted by molar-refractivity contribution is 6.19. The number of fused-ring (bicyclic) bond motifs is 2. The second kappa shape index (κ2) is 9.46. The molecule has 0 saturated heterocycles. The zero-order valence-electron chi connectivity index (χ0n) is 20.3. The topological polar surface area (TPSA) is 87.8 Å². The van der Waals surface area contributed by atoms with Crippen molar-refractivity contribution in [3.8, 4) is 0 Å². The zero-order chi connectivity index (χ0) is 24.5. The summed E-state index contributed by atoms with van der Waals surface area (Å²) in [6, 6.07) is 9.66. The van der Waals surface area contributed by atoms with Crippen LogP contribution in [0.3, 0.4) is 0 Å². The van der Waals surface area contributed by atoms with E-state index in [4.69, 9.17) is 4.42 Å². The first-order valence-corrected chi connectivity index (χ1v) is 11.8. The lowest BCUT2D eigenvalue weighted by molar-refractivity contribution is -0.137. The van der Waals surface area contributed by atoms with E-state index in [2.05, 4.69) is 5.32 Å².